The molecule has 136 valence electrons. The van der Waals surface area contributed by atoms with Gasteiger partial charge in [0.2, 0.25) is 0 Å². The number of ether oxygens (including phenoxy) is 1. The van der Waals surface area contributed by atoms with E-state index in [1.807, 2.05) is 55.8 Å². The van der Waals surface area contributed by atoms with E-state index in [-0.39, 0.29) is 28.9 Å². The van der Waals surface area contributed by atoms with Crippen molar-refractivity contribution in [1.82, 2.24) is 4.57 Å². The molecule has 2 aromatic rings. The third-order valence-corrected chi connectivity index (χ3v) is 4.67. The van der Waals surface area contributed by atoms with E-state index in [4.69, 9.17) is 4.74 Å². The molecule has 5 nitrogen and oxygen atoms in total. The molecule has 7 heteroatoms. The van der Waals surface area contributed by atoms with Crippen molar-refractivity contribution in [2.24, 2.45) is 0 Å². The molecule has 0 N–H and O–H groups in total. The van der Waals surface area contributed by atoms with Crippen LogP contribution in [0.2, 0.25) is 0 Å². The SMILES string of the molecule is CCOC(=O)C(C)(C)Sc1ccc(C[n+]2ccn(C(C)=O)c2)cc1.[Br-]. The molecule has 0 amide bonds. The van der Waals surface area contributed by atoms with Gasteiger partial charge in [0.05, 0.1) is 6.61 Å². The van der Waals surface area contributed by atoms with Gasteiger partial charge >= 0.3 is 11.9 Å². The van der Waals surface area contributed by atoms with Crippen LogP contribution in [-0.2, 0) is 16.1 Å². The molecule has 25 heavy (non-hydrogen) atoms. The van der Waals surface area contributed by atoms with Crippen molar-refractivity contribution < 1.29 is 35.9 Å². The van der Waals surface area contributed by atoms with Crippen LogP contribution in [-0.4, -0.2) is 27.8 Å². The Balaban J connectivity index is 0.00000312. The lowest BCUT2D eigenvalue weighted by atomic mass is 10.2. The van der Waals surface area contributed by atoms with E-state index < -0.39 is 4.75 Å². The number of imidazole rings is 1. The van der Waals surface area contributed by atoms with E-state index in [2.05, 4.69) is 0 Å². The Morgan fingerprint density at radius 1 is 1.24 bits per heavy atom. The van der Waals surface area contributed by atoms with Crippen LogP contribution in [0.15, 0.2) is 47.9 Å². The lowest BCUT2D eigenvalue weighted by molar-refractivity contribution is -0.687. The van der Waals surface area contributed by atoms with E-state index in [0.29, 0.717) is 13.2 Å². The summed E-state index contributed by atoms with van der Waals surface area (Å²) in [7, 11) is 0. The summed E-state index contributed by atoms with van der Waals surface area (Å²) in [4.78, 5) is 24.3. The first-order chi connectivity index (χ1) is 11.3. The molecule has 1 heterocycles. The molecule has 0 atom stereocenters. The van der Waals surface area contributed by atoms with Crippen LogP contribution in [0, 0.1) is 0 Å². The third kappa shape index (κ3) is 6.01. The summed E-state index contributed by atoms with van der Waals surface area (Å²) in [6.07, 6.45) is 5.39. The highest BCUT2D eigenvalue weighted by molar-refractivity contribution is 8.01. The minimum atomic E-state index is -0.620. The molecule has 0 saturated carbocycles. The summed E-state index contributed by atoms with van der Waals surface area (Å²) in [5.74, 6) is -0.220. The Morgan fingerprint density at radius 3 is 2.40 bits per heavy atom. The lowest BCUT2D eigenvalue weighted by Gasteiger charge is -2.21. The number of hydrogen-bond acceptors (Lipinski definition) is 4. The second-order valence-corrected chi connectivity index (χ2v) is 7.69. The van der Waals surface area contributed by atoms with Gasteiger partial charge in [-0.25, -0.2) is 9.36 Å². The molecule has 0 saturated heterocycles. The van der Waals surface area contributed by atoms with Gasteiger partial charge in [-0.2, -0.15) is 4.57 Å². The number of carbonyl (C=O) groups excluding carboxylic acids is 2. The number of hydrogen-bond donors (Lipinski definition) is 0. The quantitative estimate of drug-likeness (QED) is 0.368. The van der Waals surface area contributed by atoms with Gasteiger partial charge in [-0.05, 0) is 38.5 Å². The maximum Gasteiger partial charge on any atom is 0.321 e. The van der Waals surface area contributed by atoms with Gasteiger partial charge in [-0.3, -0.25) is 4.79 Å². The van der Waals surface area contributed by atoms with E-state index in [0.717, 1.165) is 10.5 Å². The first kappa shape index (κ1) is 21.4. The second-order valence-electron chi connectivity index (χ2n) is 5.99. The summed E-state index contributed by atoms with van der Waals surface area (Å²) in [6.45, 7) is 8.14. The maximum absolute atomic E-state index is 12.0. The average Bonchev–Trinajstić information content (AvgIpc) is 2.98. The Labute approximate surface area is 163 Å². The number of aromatic nitrogens is 2. The highest BCUT2D eigenvalue weighted by atomic mass is 79.9. The van der Waals surface area contributed by atoms with Crippen molar-refractivity contribution >= 4 is 23.6 Å². The topological polar surface area (TPSA) is 52.2 Å². The Bertz CT molecular complexity index is 726. The van der Waals surface area contributed by atoms with Crippen LogP contribution >= 0.6 is 11.8 Å². The van der Waals surface area contributed by atoms with Crippen LogP contribution in [0.3, 0.4) is 0 Å². The smallest absolute Gasteiger partial charge is 0.321 e. The fourth-order valence-corrected chi connectivity index (χ4v) is 3.19. The molecule has 1 aromatic carbocycles. The van der Waals surface area contributed by atoms with Gasteiger partial charge in [-0.1, -0.05) is 12.1 Å². The van der Waals surface area contributed by atoms with Crippen LogP contribution < -0.4 is 21.5 Å². The lowest BCUT2D eigenvalue weighted by Crippen LogP contribution is -3.00. The third-order valence-electron chi connectivity index (χ3n) is 3.48. The van der Waals surface area contributed by atoms with Crippen molar-refractivity contribution in [3.05, 3.63) is 48.5 Å². The summed E-state index contributed by atoms with van der Waals surface area (Å²) in [6, 6.07) is 8.07. The molecule has 0 unspecified atom stereocenters. The number of nitrogens with zero attached hydrogens (tertiary/aromatic N) is 2. The number of halogens is 1. The molecule has 1 aromatic heterocycles. The molecule has 0 bridgehead atoms. The number of rotatable bonds is 6. The first-order valence-corrected chi connectivity index (χ1v) is 8.66. The Morgan fingerprint density at radius 2 is 1.88 bits per heavy atom. The van der Waals surface area contributed by atoms with Crippen molar-refractivity contribution in [2.45, 2.75) is 43.9 Å². The summed E-state index contributed by atoms with van der Waals surface area (Å²) in [5, 5.41) is 0. The van der Waals surface area contributed by atoms with Crippen molar-refractivity contribution in [2.75, 3.05) is 6.61 Å². The maximum atomic E-state index is 12.0. The monoisotopic (exact) mass is 426 g/mol. The summed E-state index contributed by atoms with van der Waals surface area (Å²) >= 11 is 1.49. The number of benzene rings is 1. The fourth-order valence-electron chi connectivity index (χ4n) is 2.19. The first-order valence-electron chi connectivity index (χ1n) is 7.85. The number of thioether (sulfide) groups is 1. The van der Waals surface area contributed by atoms with Crippen molar-refractivity contribution in [3.63, 3.8) is 0 Å². The highest BCUT2D eigenvalue weighted by Crippen LogP contribution is 2.33. The highest BCUT2D eigenvalue weighted by Gasteiger charge is 2.30. The van der Waals surface area contributed by atoms with Gasteiger partial charge < -0.3 is 21.7 Å². The van der Waals surface area contributed by atoms with Gasteiger partial charge in [0.15, 0.2) is 0 Å². The molecule has 0 aliphatic rings. The second kappa shape index (κ2) is 9.20. The predicted molar refractivity (Wildman–Crippen MR) is 93.0 cm³/mol. The standard InChI is InChI=1S/C18H23N2O3S.BrH/c1-5-23-17(22)18(3,4)24-16-8-6-15(7-9-16)12-19-10-11-20(13-19)14(2)21;/h6-11,13H,5,12H2,1-4H3;1H/q+1;/p-1. The molecular weight excluding hydrogens is 404 g/mol. The van der Waals surface area contributed by atoms with E-state index in [9.17, 15) is 9.59 Å². The van der Waals surface area contributed by atoms with Crippen LogP contribution in [0.25, 0.3) is 0 Å². The zero-order chi connectivity index (χ0) is 17.7. The largest absolute Gasteiger partial charge is 1.00 e. The molecule has 0 aliphatic carbocycles. The molecule has 0 aliphatic heterocycles. The molecule has 0 radical (unpaired) electrons. The van der Waals surface area contributed by atoms with E-state index in [1.165, 1.54) is 18.7 Å². The number of esters is 1. The number of carbonyl (C=O) groups is 2. The van der Waals surface area contributed by atoms with Gasteiger partial charge in [0, 0.05) is 11.8 Å². The Hall–Kier alpha value is -1.60. The van der Waals surface area contributed by atoms with Crippen molar-refractivity contribution in [3.8, 4) is 0 Å². The Kier molecular flexibility index (Phi) is 7.89. The van der Waals surface area contributed by atoms with Crippen LogP contribution in [0.4, 0.5) is 0 Å². The van der Waals surface area contributed by atoms with Gasteiger partial charge in [0.25, 0.3) is 6.33 Å². The summed E-state index contributed by atoms with van der Waals surface area (Å²) in [5.41, 5.74) is 1.12. The van der Waals surface area contributed by atoms with Gasteiger partial charge in [0.1, 0.15) is 23.7 Å². The average molecular weight is 427 g/mol. The van der Waals surface area contributed by atoms with Crippen molar-refractivity contribution in [1.29, 1.82) is 0 Å². The molecule has 2 rings (SSSR count). The van der Waals surface area contributed by atoms with Crippen LogP contribution in [0.1, 0.15) is 38.1 Å². The van der Waals surface area contributed by atoms with E-state index in [1.54, 1.807) is 17.1 Å². The van der Waals surface area contributed by atoms with Gasteiger partial charge in [-0.15, -0.1) is 11.8 Å². The normalized spacial score (nSPS) is 10.9. The van der Waals surface area contributed by atoms with Crippen LogP contribution in [0.5, 0.6) is 0 Å². The molecular formula is C18H23BrN2O3S. The van der Waals surface area contributed by atoms with E-state index >= 15 is 0 Å². The zero-order valence-electron chi connectivity index (χ0n) is 14.9. The molecule has 0 spiro atoms. The minimum absolute atomic E-state index is 0. The predicted octanol–water partition coefficient (Wildman–Crippen LogP) is -0.0782. The summed E-state index contributed by atoms with van der Waals surface area (Å²) < 4.78 is 7.99. The fraction of sp³-hybridized carbons (Fsp3) is 0.389. The zero-order valence-corrected chi connectivity index (χ0v) is 17.3. The minimum Gasteiger partial charge on any atom is -1.00 e. The molecule has 0 fully saturated rings.